The Kier molecular flexibility index (Phi) is 5.34. The van der Waals surface area contributed by atoms with E-state index in [0.717, 1.165) is 22.2 Å². The van der Waals surface area contributed by atoms with Crippen molar-refractivity contribution in [2.75, 3.05) is 12.4 Å². The van der Waals surface area contributed by atoms with Crippen LogP contribution >= 0.6 is 22.9 Å². The number of anilines is 1. The Labute approximate surface area is 160 Å². The minimum absolute atomic E-state index is 0.0137. The van der Waals surface area contributed by atoms with Crippen molar-refractivity contribution in [1.82, 2.24) is 4.57 Å². The second kappa shape index (κ2) is 7.51. The Bertz CT molecular complexity index is 990. The lowest BCUT2D eigenvalue weighted by molar-refractivity contribution is -0.116. The van der Waals surface area contributed by atoms with Gasteiger partial charge in [-0.2, -0.15) is 0 Å². The molecule has 1 aromatic carbocycles. The van der Waals surface area contributed by atoms with Gasteiger partial charge in [0.05, 0.1) is 17.3 Å². The first-order chi connectivity index (χ1) is 12.4. The van der Waals surface area contributed by atoms with Gasteiger partial charge in [0.2, 0.25) is 5.91 Å². The maximum atomic E-state index is 12.6. The third-order valence-corrected chi connectivity index (χ3v) is 5.85. The predicted octanol–water partition coefficient (Wildman–Crippen LogP) is 4.65. The van der Waals surface area contributed by atoms with Gasteiger partial charge in [0, 0.05) is 15.6 Å². The summed E-state index contributed by atoms with van der Waals surface area (Å²) in [5, 5.41) is 3.46. The number of nitrogens with one attached hydrogen (secondary N) is 1. The van der Waals surface area contributed by atoms with Crippen molar-refractivity contribution >= 4 is 50.7 Å². The Balaban J connectivity index is 1.93. The number of carbonyl (C=O) groups excluding carboxylic acids is 2. The van der Waals surface area contributed by atoms with Crippen LogP contribution in [0.2, 0.25) is 5.02 Å². The molecule has 3 aromatic rings. The first kappa shape index (κ1) is 18.5. The third-order valence-electron chi connectivity index (χ3n) is 4.23. The van der Waals surface area contributed by atoms with Gasteiger partial charge in [0.1, 0.15) is 12.2 Å². The van der Waals surface area contributed by atoms with Crippen molar-refractivity contribution in [3.8, 4) is 0 Å². The van der Waals surface area contributed by atoms with Gasteiger partial charge in [-0.1, -0.05) is 24.6 Å². The molecule has 2 aromatic heterocycles. The minimum Gasteiger partial charge on any atom is -0.464 e. The fourth-order valence-corrected chi connectivity index (χ4v) is 4.00. The number of benzene rings is 1. The number of aromatic nitrogens is 1. The third kappa shape index (κ3) is 3.48. The maximum Gasteiger partial charge on any atom is 0.354 e. The summed E-state index contributed by atoms with van der Waals surface area (Å²) in [6.45, 7) is 3.93. The van der Waals surface area contributed by atoms with E-state index in [1.54, 1.807) is 40.2 Å². The zero-order valence-electron chi connectivity index (χ0n) is 14.8. The van der Waals surface area contributed by atoms with Crippen LogP contribution in [0.4, 0.5) is 5.69 Å². The summed E-state index contributed by atoms with van der Waals surface area (Å²) >= 11 is 7.72. The Morgan fingerprint density at radius 3 is 2.77 bits per heavy atom. The van der Waals surface area contributed by atoms with E-state index < -0.39 is 5.97 Å². The molecule has 7 heteroatoms. The van der Waals surface area contributed by atoms with Crippen LogP contribution in [0.15, 0.2) is 30.3 Å². The smallest absolute Gasteiger partial charge is 0.354 e. The summed E-state index contributed by atoms with van der Waals surface area (Å²) in [6.07, 6.45) is 0.904. The number of aryl methyl sites for hydroxylation is 1. The zero-order valence-corrected chi connectivity index (χ0v) is 16.3. The number of hydrogen-bond acceptors (Lipinski definition) is 4. The molecule has 0 aliphatic carbocycles. The van der Waals surface area contributed by atoms with Crippen LogP contribution < -0.4 is 5.32 Å². The van der Waals surface area contributed by atoms with Crippen molar-refractivity contribution in [2.24, 2.45) is 0 Å². The number of hydrogen-bond donors (Lipinski definition) is 1. The molecule has 1 amide bonds. The maximum absolute atomic E-state index is 12.6. The lowest BCUT2D eigenvalue weighted by Gasteiger charge is -2.12. The molecule has 5 nitrogen and oxygen atoms in total. The summed E-state index contributed by atoms with van der Waals surface area (Å²) in [5.41, 5.74) is 2.70. The van der Waals surface area contributed by atoms with Crippen LogP contribution in [0.1, 0.15) is 27.9 Å². The van der Waals surface area contributed by atoms with E-state index in [0.29, 0.717) is 16.4 Å². The van der Waals surface area contributed by atoms with Gasteiger partial charge in [-0.25, -0.2) is 4.79 Å². The minimum atomic E-state index is -0.460. The number of methoxy groups -OCH3 is 1. The van der Waals surface area contributed by atoms with E-state index in [1.807, 2.05) is 13.0 Å². The second-order valence-corrected chi connectivity index (χ2v) is 7.46. The van der Waals surface area contributed by atoms with Crippen LogP contribution in [0.3, 0.4) is 0 Å². The Hall–Kier alpha value is -2.31. The molecule has 0 aliphatic heterocycles. The molecule has 136 valence electrons. The van der Waals surface area contributed by atoms with E-state index in [9.17, 15) is 9.59 Å². The van der Waals surface area contributed by atoms with Crippen molar-refractivity contribution in [1.29, 1.82) is 0 Å². The average molecular weight is 391 g/mol. The monoisotopic (exact) mass is 390 g/mol. The highest BCUT2D eigenvalue weighted by molar-refractivity contribution is 7.19. The number of fused-ring (bicyclic) bond motifs is 1. The first-order valence-corrected chi connectivity index (χ1v) is 9.39. The van der Waals surface area contributed by atoms with E-state index in [2.05, 4.69) is 12.2 Å². The molecule has 0 unspecified atom stereocenters. The van der Waals surface area contributed by atoms with Crippen LogP contribution in [0.25, 0.3) is 10.2 Å². The highest BCUT2D eigenvalue weighted by atomic mass is 35.5. The number of ether oxygens (including phenoxy) is 1. The molecule has 0 bridgehead atoms. The van der Waals surface area contributed by atoms with Gasteiger partial charge >= 0.3 is 5.97 Å². The standard InChI is InChI=1S/C19H19ClN2O3S/c1-4-12-8-15-17(26-12)9-16(19(24)25-3)22(15)10-18(23)21-14-7-5-6-13(20)11(14)2/h5-9H,4,10H2,1-3H3,(H,21,23). The number of rotatable bonds is 5. The number of halogens is 1. The Morgan fingerprint density at radius 1 is 1.31 bits per heavy atom. The summed E-state index contributed by atoms with van der Waals surface area (Å²) in [4.78, 5) is 25.9. The largest absolute Gasteiger partial charge is 0.464 e. The molecule has 3 rings (SSSR count). The normalized spacial score (nSPS) is 10.9. The van der Waals surface area contributed by atoms with Crippen molar-refractivity contribution in [3.05, 3.63) is 51.5 Å². The predicted molar refractivity (Wildman–Crippen MR) is 105 cm³/mol. The van der Waals surface area contributed by atoms with Gasteiger partial charge in [-0.3, -0.25) is 4.79 Å². The fourth-order valence-electron chi connectivity index (χ4n) is 2.79. The molecule has 2 heterocycles. The summed E-state index contributed by atoms with van der Waals surface area (Å²) < 4.78 is 7.53. The van der Waals surface area contributed by atoms with E-state index in [1.165, 1.54) is 12.0 Å². The molecule has 0 saturated heterocycles. The lowest BCUT2D eigenvalue weighted by atomic mass is 10.2. The van der Waals surface area contributed by atoms with Gasteiger partial charge in [-0.15, -0.1) is 11.3 Å². The van der Waals surface area contributed by atoms with Gasteiger partial charge in [0.25, 0.3) is 0 Å². The van der Waals surface area contributed by atoms with E-state index in [4.69, 9.17) is 16.3 Å². The van der Waals surface area contributed by atoms with E-state index in [-0.39, 0.29) is 12.5 Å². The van der Waals surface area contributed by atoms with Crippen molar-refractivity contribution in [3.63, 3.8) is 0 Å². The highest BCUT2D eigenvalue weighted by Crippen LogP contribution is 2.30. The molecule has 0 spiro atoms. The van der Waals surface area contributed by atoms with Crippen LogP contribution in [-0.4, -0.2) is 23.6 Å². The number of carbonyl (C=O) groups is 2. The zero-order chi connectivity index (χ0) is 18.8. The van der Waals surface area contributed by atoms with Crippen LogP contribution in [0, 0.1) is 6.92 Å². The molecule has 0 radical (unpaired) electrons. The molecule has 0 saturated carbocycles. The van der Waals surface area contributed by atoms with Crippen molar-refractivity contribution < 1.29 is 14.3 Å². The molecule has 0 fully saturated rings. The quantitative estimate of drug-likeness (QED) is 0.645. The molecular weight excluding hydrogens is 372 g/mol. The van der Waals surface area contributed by atoms with Crippen LogP contribution in [-0.2, 0) is 22.5 Å². The molecule has 1 N–H and O–H groups in total. The second-order valence-electron chi connectivity index (χ2n) is 5.88. The number of esters is 1. The first-order valence-electron chi connectivity index (χ1n) is 8.19. The van der Waals surface area contributed by atoms with Gasteiger partial charge < -0.3 is 14.6 Å². The summed E-state index contributed by atoms with van der Waals surface area (Å²) in [6, 6.07) is 9.15. The van der Waals surface area contributed by atoms with Crippen molar-refractivity contribution in [2.45, 2.75) is 26.8 Å². The van der Waals surface area contributed by atoms with Gasteiger partial charge in [-0.05, 0) is 43.2 Å². The Morgan fingerprint density at radius 2 is 2.08 bits per heavy atom. The molecule has 0 aliphatic rings. The van der Waals surface area contributed by atoms with E-state index >= 15 is 0 Å². The number of amides is 1. The van der Waals surface area contributed by atoms with Crippen LogP contribution in [0.5, 0.6) is 0 Å². The fraction of sp³-hybridized carbons (Fsp3) is 0.263. The molecular formula is C19H19ClN2O3S. The average Bonchev–Trinajstić information content (AvgIpc) is 3.17. The lowest BCUT2D eigenvalue weighted by Crippen LogP contribution is -2.22. The number of thiophene rings is 1. The summed E-state index contributed by atoms with van der Waals surface area (Å²) in [7, 11) is 1.33. The summed E-state index contributed by atoms with van der Waals surface area (Å²) in [5.74, 6) is -0.694. The molecule has 26 heavy (non-hydrogen) atoms. The number of nitrogens with zero attached hydrogens (tertiary/aromatic N) is 1. The molecule has 0 atom stereocenters. The SMILES string of the molecule is CCc1cc2c(cc(C(=O)OC)n2CC(=O)Nc2cccc(Cl)c2C)s1. The highest BCUT2D eigenvalue weighted by Gasteiger charge is 2.20. The van der Waals surface area contributed by atoms with Gasteiger partial charge in [0.15, 0.2) is 0 Å². The topological polar surface area (TPSA) is 60.3 Å².